The van der Waals surface area contributed by atoms with E-state index < -0.39 is 0 Å². The highest BCUT2D eigenvalue weighted by Crippen LogP contribution is 1.81. The summed E-state index contributed by atoms with van der Waals surface area (Å²) in [5.74, 6) is 0. The van der Waals surface area contributed by atoms with Crippen molar-refractivity contribution < 1.29 is 9.47 Å². The van der Waals surface area contributed by atoms with Crippen molar-refractivity contribution in [2.24, 2.45) is 0 Å². The lowest BCUT2D eigenvalue weighted by molar-refractivity contribution is 0.116. The Labute approximate surface area is 49.8 Å². The van der Waals surface area contributed by atoms with Crippen LogP contribution < -0.4 is 5.73 Å². The van der Waals surface area contributed by atoms with Crippen molar-refractivity contribution in [1.29, 1.82) is 0 Å². The summed E-state index contributed by atoms with van der Waals surface area (Å²) in [5.41, 5.74) is 7.12. The lowest BCUT2D eigenvalue weighted by atomic mass is 10.4. The van der Waals surface area contributed by atoms with Crippen molar-refractivity contribution in [3.63, 3.8) is 0 Å². The van der Waals surface area contributed by atoms with Crippen molar-refractivity contribution in [2.75, 3.05) is 27.4 Å². The molecule has 49 valence electrons. The summed E-state index contributed by atoms with van der Waals surface area (Å²) in [6.45, 7) is 0.904. The van der Waals surface area contributed by atoms with Gasteiger partial charge in [-0.1, -0.05) is 0 Å². The smallest absolute Gasteiger partial charge is 0.0680 e. The van der Waals surface area contributed by atoms with Gasteiger partial charge in [0.1, 0.15) is 0 Å². The average Bonchev–Trinajstić information content (AvgIpc) is 1.68. The molecule has 8 heavy (non-hydrogen) atoms. The van der Waals surface area contributed by atoms with Gasteiger partial charge in [-0.25, -0.2) is 5.73 Å². The van der Waals surface area contributed by atoms with Crippen molar-refractivity contribution in [1.82, 2.24) is 5.73 Å². The SMILES string of the molecule is COCC([NH])COC. The quantitative estimate of drug-likeness (QED) is 0.518. The van der Waals surface area contributed by atoms with Crippen LogP contribution in [0.4, 0.5) is 0 Å². The summed E-state index contributed by atoms with van der Waals surface area (Å²) in [7, 11) is 3.16. The van der Waals surface area contributed by atoms with Crippen LogP contribution in [-0.4, -0.2) is 33.5 Å². The molecule has 1 N–H and O–H groups in total. The highest BCUT2D eigenvalue weighted by molar-refractivity contribution is 4.54. The molecular weight excluding hydrogens is 106 g/mol. The molecule has 0 atom stereocenters. The molecule has 0 heterocycles. The van der Waals surface area contributed by atoms with Crippen LogP contribution >= 0.6 is 0 Å². The second kappa shape index (κ2) is 5.03. The monoisotopic (exact) mass is 118 g/mol. The minimum Gasteiger partial charge on any atom is -0.383 e. The van der Waals surface area contributed by atoms with Gasteiger partial charge in [-0.2, -0.15) is 0 Å². The van der Waals surface area contributed by atoms with Crippen LogP contribution in [0.5, 0.6) is 0 Å². The minimum atomic E-state index is -0.231. The van der Waals surface area contributed by atoms with Crippen LogP contribution in [0.2, 0.25) is 0 Å². The fraction of sp³-hybridized carbons (Fsp3) is 1.00. The standard InChI is InChI=1S/C5H12NO2/c1-7-3-5(6)4-8-2/h5-6H,3-4H2,1-2H3. The first-order valence-corrected chi connectivity index (χ1v) is 2.50. The molecular formula is C5H12NO2. The molecule has 0 aromatic heterocycles. The second-order valence-electron chi connectivity index (χ2n) is 1.61. The number of methoxy groups -OCH3 is 2. The molecule has 3 heteroatoms. The van der Waals surface area contributed by atoms with E-state index in [1.54, 1.807) is 14.2 Å². The molecule has 0 aliphatic carbocycles. The van der Waals surface area contributed by atoms with Gasteiger partial charge in [0.2, 0.25) is 0 Å². The van der Waals surface area contributed by atoms with E-state index >= 15 is 0 Å². The molecule has 0 fully saturated rings. The predicted molar refractivity (Wildman–Crippen MR) is 30.6 cm³/mol. The van der Waals surface area contributed by atoms with Crippen molar-refractivity contribution in [2.45, 2.75) is 6.04 Å². The fourth-order valence-electron chi connectivity index (χ4n) is 0.450. The molecule has 0 aliphatic heterocycles. The lowest BCUT2D eigenvalue weighted by Crippen LogP contribution is -2.21. The third-order valence-electron chi connectivity index (χ3n) is 0.736. The van der Waals surface area contributed by atoms with Gasteiger partial charge in [-0.05, 0) is 0 Å². The van der Waals surface area contributed by atoms with E-state index in [1.165, 1.54) is 0 Å². The van der Waals surface area contributed by atoms with E-state index in [0.29, 0.717) is 13.2 Å². The van der Waals surface area contributed by atoms with Crippen LogP contribution in [0.25, 0.3) is 0 Å². The first kappa shape index (κ1) is 7.88. The first-order valence-electron chi connectivity index (χ1n) is 2.50. The summed E-state index contributed by atoms with van der Waals surface area (Å²) in [6, 6.07) is -0.231. The summed E-state index contributed by atoms with van der Waals surface area (Å²) in [4.78, 5) is 0. The molecule has 0 aromatic carbocycles. The van der Waals surface area contributed by atoms with Crippen LogP contribution in [0.1, 0.15) is 0 Å². The molecule has 0 spiro atoms. The molecule has 0 aliphatic rings. The third kappa shape index (κ3) is 4.05. The Morgan fingerprint density at radius 1 is 1.25 bits per heavy atom. The maximum absolute atomic E-state index is 7.12. The van der Waals surface area contributed by atoms with Crippen LogP contribution in [0.15, 0.2) is 0 Å². The maximum atomic E-state index is 7.12. The summed E-state index contributed by atoms with van der Waals surface area (Å²) in [6.07, 6.45) is 0. The van der Waals surface area contributed by atoms with Gasteiger partial charge in [0.05, 0.1) is 19.3 Å². The van der Waals surface area contributed by atoms with E-state index in [-0.39, 0.29) is 6.04 Å². The topological polar surface area (TPSA) is 42.3 Å². The molecule has 0 bridgehead atoms. The zero-order valence-corrected chi connectivity index (χ0v) is 5.31. The van der Waals surface area contributed by atoms with E-state index in [4.69, 9.17) is 5.73 Å². The van der Waals surface area contributed by atoms with Gasteiger partial charge in [-0.3, -0.25) is 0 Å². The Kier molecular flexibility index (Phi) is 4.95. The highest BCUT2D eigenvalue weighted by atomic mass is 16.5. The second-order valence-corrected chi connectivity index (χ2v) is 1.61. The van der Waals surface area contributed by atoms with Crippen LogP contribution in [0.3, 0.4) is 0 Å². The maximum Gasteiger partial charge on any atom is 0.0680 e. The van der Waals surface area contributed by atoms with E-state index in [1.807, 2.05) is 0 Å². The summed E-state index contributed by atoms with van der Waals surface area (Å²) >= 11 is 0. The first-order chi connectivity index (χ1) is 3.81. The van der Waals surface area contributed by atoms with Gasteiger partial charge in [-0.15, -0.1) is 0 Å². The number of hydrogen-bond donors (Lipinski definition) is 0. The summed E-state index contributed by atoms with van der Waals surface area (Å²) in [5, 5.41) is 0. The molecule has 3 nitrogen and oxygen atoms in total. The average molecular weight is 118 g/mol. The molecule has 0 saturated carbocycles. The zero-order chi connectivity index (χ0) is 6.41. The lowest BCUT2D eigenvalue weighted by Gasteiger charge is -2.05. The molecule has 0 amide bonds. The van der Waals surface area contributed by atoms with E-state index in [0.717, 1.165) is 0 Å². The Bertz CT molecular complexity index is 43.7. The molecule has 0 aromatic rings. The Hall–Kier alpha value is -0.120. The van der Waals surface area contributed by atoms with Gasteiger partial charge in [0.15, 0.2) is 0 Å². The zero-order valence-electron chi connectivity index (χ0n) is 5.31. The van der Waals surface area contributed by atoms with Crippen LogP contribution in [0, 0.1) is 0 Å². The summed E-state index contributed by atoms with van der Waals surface area (Å²) < 4.78 is 9.38. The van der Waals surface area contributed by atoms with Crippen molar-refractivity contribution in [3.8, 4) is 0 Å². The number of rotatable bonds is 4. The largest absolute Gasteiger partial charge is 0.383 e. The van der Waals surface area contributed by atoms with Gasteiger partial charge in [0.25, 0.3) is 0 Å². The number of nitrogens with one attached hydrogen (secondary N) is 1. The Morgan fingerprint density at radius 2 is 1.62 bits per heavy atom. The van der Waals surface area contributed by atoms with Crippen molar-refractivity contribution >= 4 is 0 Å². The van der Waals surface area contributed by atoms with Gasteiger partial charge < -0.3 is 9.47 Å². The van der Waals surface area contributed by atoms with Gasteiger partial charge >= 0.3 is 0 Å². The third-order valence-corrected chi connectivity index (χ3v) is 0.736. The van der Waals surface area contributed by atoms with Crippen LogP contribution in [-0.2, 0) is 9.47 Å². The van der Waals surface area contributed by atoms with E-state index in [9.17, 15) is 0 Å². The predicted octanol–water partition coefficient (Wildman–Crippen LogP) is -0.0693. The molecule has 1 radical (unpaired) electrons. The molecule has 0 rings (SSSR count). The minimum absolute atomic E-state index is 0.231. The number of ether oxygens (including phenoxy) is 2. The fourth-order valence-corrected chi connectivity index (χ4v) is 0.450. The molecule has 0 saturated heterocycles. The Balaban J connectivity index is 2.92. The molecule has 0 unspecified atom stereocenters. The van der Waals surface area contributed by atoms with E-state index in [2.05, 4.69) is 9.47 Å². The highest BCUT2D eigenvalue weighted by Gasteiger charge is 1.98. The van der Waals surface area contributed by atoms with Crippen molar-refractivity contribution in [3.05, 3.63) is 0 Å². The number of hydrogen-bond acceptors (Lipinski definition) is 2. The Morgan fingerprint density at radius 3 is 1.88 bits per heavy atom. The van der Waals surface area contributed by atoms with Gasteiger partial charge in [0, 0.05) is 14.2 Å². The normalized spacial score (nSPS) is 10.5.